The van der Waals surface area contributed by atoms with Crippen LogP contribution in [0.3, 0.4) is 0 Å². The molecule has 1 fully saturated rings. The Hall–Kier alpha value is -0.340. The van der Waals surface area contributed by atoms with Crippen molar-refractivity contribution in [2.24, 2.45) is 5.92 Å². The minimum Gasteiger partial charge on any atom is -0.310 e. The van der Waals surface area contributed by atoms with Gasteiger partial charge in [-0.15, -0.1) is 0 Å². The van der Waals surface area contributed by atoms with Gasteiger partial charge in [0.2, 0.25) is 0 Å². The maximum atomic E-state index is 3.55. The van der Waals surface area contributed by atoms with E-state index in [4.69, 9.17) is 0 Å². The van der Waals surface area contributed by atoms with Crippen LogP contribution in [0, 0.1) is 12.8 Å². The molecule has 1 aromatic rings. The Morgan fingerprint density at radius 2 is 2.21 bits per heavy atom. The average Bonchev–Trinajstić information content (AvgIpc) is 2.85. The standard InChI is InChI=1S/C12H16BrN/c1-8-5-10(3-4-11(8)13)7-14-12-6-9(12)2/h3-5,9,12,14H,6-7H2,1-2H3. The molecule has 0 radical (unpaired) electrons. The van der Waals surface area contributed by atoms with Gasteiger partial charge < -0.3 is 5.32 Å². The molecule has 1 aliphatic carbocycles. The maximum Gasteiger partial charge on any atom is 0.0208 e. The first-order valence-electron chi connectivity index (χ1n) is 5.15. The van der Waals surface area contributed by atoms with Crippen molar-refractivity contribution in [3.8, 4) is 0 Å². The topological polar surface area (TPSA) is 12.0 Å². The largest absolute Gasteiger partial charge is 0.310 e. The summed E-state index contributed by atoms with van der Waals surface area (Å²) in [5.41, 5.74) is 2.69. The van der Waals surface area contributed by atoms with E-state index in [1.54, 1.807) is 0 Å². The van der Waals surface area contributed by atoms with Crippen LogP contribution in [0.25, 0.3) is 0 Å². The Balaban J connectivity index is 1.92. The highest BCUT2D eigenvalue weighted by Crippen LogP contribution is 2.29. The van der Waals surface area contributed by atoms with Crippen LogP contribution in [0.5, 0.6) is 0 Å². The van der Waals surface area contributed by atoms with Crippen LogP contribution in [0.2, 0.25) is 0 Å². The number of hydrogen-bond acceptors (Lipinski definition) is 1. The second-order valence-electron chi connectivity index (χ2n) is 4.28. The lowest BCUT2D eigenvalue weighted by Gasteiger charge is -2.05. The zero-order valence-electron chi connectivity index (χ0n) is 8.68. The summed E-state index contributed by atoms with van der Waals surface area (Å²) in [5.74, 6) is 0.881. The van der Waals surface area contributed by atoms with Crippen molar-refractivity contribution in [2.75, 3.05) is 0 Å². The summed E-state index contributed by atoms with van der Waals surface area (Å²) in [5, 5.41) is 3.55. The first-order valence-corrected chi connectivity index (χ1v) is 5.94. The minimum atomic E-state index is 0.763. The Morgan fingerprint density at radius 1 is 1.50 bits per heavy atom. The molecule has 14 heavy (non-hydrogen) atoms. The van der Waals surface area contributed by atoms with Crippen LogP contribution in [-0.2, 0) is 6.54 Å². The van der Waals surface area contributed by atoms with Crippen LogP contribution in [-0.4, -0.2) is 6.04 Å². The molecule has 0 amide bonds. The van der Waals surface area contributed by atoms with Gasteiger partial charge in [0.25, 0.3) is 0 Å². The van der Waals surface area contributed by atoms with Gasteiger partial charge in [-0.3, -0.25) is 0 Å². The fourth-order valence-corrected chi connectivity index (χ4v) is 1.92. The van der Waals surface area contributed by atoms with Gasteiger partial charge in [0.05, 0.1) is 0 Å². The van der Waals surface area contributed by atoms with E-state index in [2.05, 4.69) is 53.3 Å². The second-order valence-corrected chi connectivity index (χ2v) is 5.14. The van der Waals surface area contributed by atoms with Gasteiger partial charge in [0.1, 0.15) is 0 Å². The van der Waals surface area contributed by atoms with Crippen LogP contribution in [0.1, 0.15) is 24.5 Å². The van der Waals surface area contributed by atoms with E-state index in [-0.39, 0.29) is 0 Å². The summed E-state index contributed by atoms with van der Waals surface area (Å²) >= 11 is 3.51. The Labute approximate surface area is 94.0 Å². The van der Waals surface area contributed by atoms with Gasteiger partial charge in [-0.05, 0) is 36.5 Å². The third kappa shape index (κ3) is 2.37. The molecule has 0 saturated heterocycles. The quantitative estimate of drug-likeness (QED) is 0.873. The molecule has 0 aliphatic heterocycles. The molecule has 0 aromatic heterocycles. The number of aryl methyl sites for hydroxylation is 1. The van der Waals surface area contributed by atoms with Crippen LogP contribution in [0.15, 0.2) is 22.7 Å². The molecule has 0 spiro atoms. The molecule has 0 heterocycles. The van der Waals surface area contributed by atoms with E-state index in [0.29, 0.717) is 0 Å². The molecule has 76 valence electrons. The molecule has 2 unspecified atom stereocenters. The lowest BCUT2D eigenvalue weighted by Crippen LogP contribution is -2.16. The first-order chi connectivity index (χ1) is 6.66. The Kier molecular flexibility index (Phi) is 2.93. The van der Waals surface area contributed by atoms with E-state index in [1.165, 1.54) is 22.0 Å². The predicted molar refractivity (Wildman–Crippen MR) is 63.3 cm³/mol. The molecule has 1 saturated carbocycles. The van der Waals surface area contributed by atoms with Crippen molar-refractivity contribution in [3.63, 3.8) is 0 Å². The number of halogens is 1. The van der Waals surface area contributed by atoms with Gasteiger partial charge in [0, 0.05) is 17.1 Å². The molecule has 1 aromatic carbocycles. The van der Waals surface area contributed by atoms with E-state index in [9.17, 15) is 0 Å². The number of hydrogen-bond donors (Lipinski definition) is 1. The van der Waals surface area contributed by atoms with Gasteiger partial charge in [-0.1, -0.05) is 35.0 Å². The molecule has 1 nitrogen and oxygen atoms in total. The van der Waals surface area contributed by atoms with Gasteiger partial charge in [-0.25, -0.2) is 0 Å². The molecular formula is C12H16BrN. The number of rotatable bonds is 3. The Bertz CT molecular complexity index is 335. The molecule has 1 N–H and O–H groups in total. The summed E-state index contributed by atoms with van der Waals surface area (Å²) in [6, 6.07) is 7.31. The predicted octanol–water partition coefficient (Wildman–Crippen LogP) is 3.26. The fraction of sp³-hybridized carbons (Fsp3) is 0.500. The lowest BCUT2D eigenvalue weighted by atomic mass is 10.1. The summed E-state index contributed by atoms with van der Waals surface area (Å²) in [7, 11) is 0. The SMILES string of the molecule is Cc1cc(CNC2CC2C)ccc1Br. The van der Waals surface area contributed by atoms with Gasteiger partial charge in [-0.2, -0.15) is 0 Å². The van der Waals surface area contributed by atoms with E-state index < -0.39 is 0 Å². The number of nitrogens with one attached hydrogen (secondary N) is 1. The molecule has 2 atom stereocenters. The molecule has 2 rings (SSSR count). The van der Waals surface area contributed by atoms with Crippen LogP contribution >= 0.6 is 15.9 Å². The summed E-state index contributed by atoms with van der Waals surface area (Å²) in [6.45, 7) is 5.43. The summed E-state index contributed by atoms with van der Waals surface area (Å²) < 4.78 is 1.20. The Morgan fingerprint density at radius 3 is 2.79 bits per heavy atom. The molecular weight excluding hydrogens is 238 g/mol. The average molecular weight is 254 g/mol. The normalized spacial score (nSPS) is 25.1. The second kappa shape index (κ2) is 4.03. The lowest BCUT2D eigenvalue weighted by molar-refractivity contribution is 0.652. The number of benzene rings is 1. The molecule has 1 aliphatic rings. The van der Waals surface area contributed by atoms with Crippen molar-refractivity contribution in [1.29, 1.82) is 0 Å². The first kappa shape index (κ1) is 10.2. The van der Waals surface area contributed by atoms with E-state index in [1.807, 2.05) is 0 Å². The zero-order valence-corrected chi connectivity index (χ0v) is 10.3. The maximum absolute atomic E-state index is 3.55. The van der Waals surface area contributed by atoms with Gasteiger partial charge in [0.15, 0.2) is 0 Å². The summed E-state index contributed by atoms with van der Waals surface area (Å²) in [6.07, 6.45) is 1.34. The fourth-order valence-electron chi connectivity index (χ4n) is 1.67. The molecule has 2 heteroatoms. The van der Waals surface area contributed by atoms with E-state index in [0.717, 1.165) is 18.5 Å². The van der Waals surface area contributed by atoms with Crippen molar-refractivity contribution < 1.29 is 0 Å². The monoisotopic (exact) mass is 253 g/mol. The van der Waals surface area contributed by atoms with Crippen LogP contribution in [0.4, 0.5) is 0 Å². The smallest absolute Gasteiger partial charge is 0.0208 e. The highest BCUT2D eigenvalue weighted by atomic mass is 79.9. The van der Waals surface area contributed by atoms with Crippen molar-refractivity contribution in [1.82, 2.24) is 5.32 Å². The third-order valence-corrected chi connectivity index (χ3v) is 3.79. The van der Waals surface area contributed by atoms with E-state index >= 15 is 0 Å². The zero-order chi connectivity index (χ0) is 10.1. The van der Waals surface area contributed by atoms with Crippen molar-refractivity contribution in [2.45, 2.75) is 32.9 Å². The van der Waals surface area contributed by atoms with Crippen molar-refractivity contribution >= 4 is 15.9 Å². The highest BCUT2D eigenvalue weighted by molar-refractivity contribution is 9.10. The van der Waals surface area contributed by atoms with Gasteiger partial charge >= 0.3 is 0 Å². The van der Waals surface area contributed by atoms with Crippen LogP contribution < -0.4 is 5.32 Å². The van der Waals surface area contributed by atoms with Crippen molar-refractivity contribution in [3.05, 3.63) is 33.8 Å². The third-order valence-electron chi connectivity index (χ3n) is 2.90. The highest BCUT2D eigenvalue weighted by Gasteiger charge is 2.31. The minimum absolute atomic E-state index is 0.763. The molecule has 0 bridgehead atoms. The summed E-state index contributed by atoms with van der Waals surface area (Å²) in [4.78, 5) is 0.